The number of hydrogen-bond donors (Lipinski definition) is 3. The maximum atomic E-state index is 12.7. The molecule has 4 N–H and O–H groups in total. The predicted molar refractivity (Wildman–Crippen MR) is 102 cm³/mol. The van der Waals surface area contributed by atoms with Gasteiger partial charge >= 0.3 is 0 Å². The Balaban J connectivity index is 1.70. The number of H-pyrrole nitrogens is 1. The average Bonchev–Trinajstić information content (AvgIpc) is 3.15. The topological polar surface area (TPSA) is 108 Å². The minimum absolute atomic E-state index is 0.183. The Labute approximate surface area is 161 Å². The first-order chi connectivity index (χ1) is 13.0. The minimum Gasteiger partial charge on any atom is -0.350 e. The molecule has 1 aliphatic heterocycles. The molecule has 2 amide bonds. The Bertz CT molecular complexity index is 912. The summed E-state index contributed by atoms with van der Waals surface area (Å²) in [6.45, 7) is 1.10. The second kappa shape index (κ2) is 8.37. The van der Waals surface area contributed by atoms with E-state index >= 15 is 0 Å². The Kier molecular flexibility index (Phi) is 5.93. The SMILES string of the molecule is NCc1ccc(Cl)cc1CNC(=O)[C@@H]1CCCN1C(=O)c1cccc(=O)[nH]1. The third-order valence-corrected chi connectivity index (χ3v) is 4.89. The summed E-state index contributed by atoms with van der Waals surface area (Å²) in [6.07, 6.45) is 1.31. The minimum atomic E-state index is -0.568. The van der Waals surface area contributed by atoms with E-state index < -0.39 is 6.04 Å². The molecular formula is C19H21ClN4O3. The highest BCUT2D eigenvalue weighted by Gasteiger charge is 2.34. The lowest BCUT2D eigenvalue weighted by Crippen LogP contribution is -2.46. The number of likely N-dealkylation sites (tertiary alicyclic amines) is 1. The van der Waals surface area contributed by atoms with Crippen LogP contribution in [-0.4, -0.2) is 34.3 Å². The summed E-state index contributed by atoms with van der Waals surface area (Å²) in [6, 6.07) is 9.19. The molecule has 0 saturated carbocycles. The van der Waals surface area contributed by atoms with Gasteiger partial charge in [0.1, 0.15) is 11.7 Å². The van der Waals surface area contributed by atoms with Gasteiger partial charge in [0.05, 0.1) is 0 Å². The molecule has 0 unspecified atom stereocenters. The van der Waals surface area contributed by atoms with E-state index in [0.29, 0.717) is 24.5 Å². The van der Waals surface area contributed by atoms with Crippen LogP contribution in [0.25, 0.3) is 0 Å². The molecule has 27 heavy (non-hydrogen) atoms. The summed E-state index contributed by atoms with van der Waals surface area (Å²) >= 11 is 6.03. The number of pyridine rings is 1. The van der Waals surface area contributed by atoms with Crippen molar-refractivity contribution in [1.82, 2.24) is 15.2 Å². The highest BCUT2D eigenvalue weighted by atomic mass is 35.5. The third-order valence-electron chi connectivity index (χ3n) is 4.66. The van der Waals surface area contributed by atoms with Crippen LogP contribution >= 0.6 is 11.6 Å². The summed E-state index contributed by atoms with van der Waals surface area (Å²) in [5.74, 6) is -0.585. The second-order valence-corrected chi connectivity index (χ2v) is 6.86. The van der Waals surface area contributed by atoms with Crippen LogP contribution in [0.5, 0.6) is 0 Å². The van der Waals surface area contributed by atoms with E-state index in [1.165, 1.54) is 23.1 Å². The Hall–Kier alpha value is -2.64. The Morgan fingerprint density at radius 2 is 2.07 bits per heavy atom. The van der Waals surface area contributed by atoms with Gasteiger partial charge in [0.25, 0.3) is 5.91 Å². The van der Waals surface area contributed by atoms with Crippen molar-refractivity contribution in [2.24, 2.45) is 5.73 Å². The highest BCUT2D eigenvalue weighted by Crippen LogP contribution is 2.20. The molecule has 1 aromatic carbocycles. The van der Waals surface area contributed by atoms with E-state index in [1.54, 1.807) is 12.1 Å². The number of aromatic amines is 1. The number of amides is 2. The van der Waals surface area contributed by atoms with Crippen LogP contribution in [-0.2, 0) is 17.9 Å². The normalized spacial score (nSPS) is 16.4. The second-order valence-electron chi connectivity index (χ2n) is 6.42. The van der Waals surface area contributed by atoms with E-state index in [1.807, 2.05) is 6.07 Å². The number of benzene rings is 1. The maximum Gasteiger partial charge on any atom is 0.271 e. The number of halogens is 1. The molecule has 1 aliphatic rings. The zero-order valence-electron chi connectivity index (χ0n) is 14.7. The summed E-state index contributed by atoms with van der Waals surface area (Å²) in [5.41, 5.74) is 7.31. The van der Waals surface area contributed by atoms with Gasteiger partial charge in [-0.15, -0.1) is 0 Å². The lowest BCUT2D eigenvalue weighted by atomic mass is 10.1. The molecular weight excluding hydrogens is 368 g/mol. The number of rotatable bonds is 5. The molecule has 0 bridgehead atoms. The van der Waals surface area contributed by atoms with Gasteiger partial charge in [0, 0.05) is 30.7 Å². The zero-order chi connectivity index (χ0) is 19.4. The van der Waals surface area contributed by atoms with Gasteiger partial charge in [-0.2, -0.15) is 0 Å². The van der Waals surface area contributed by atoms with Gasteiger partial charge in [-0.05, 0) is 42.2 Å². The van der Waals surface area contributed by atoms with Crippen molar-refractivity contribution in [2.75, 3.05) is 6.54 Å². The molecule has 0 radical (unpaired) electrons. The fraction of sp³-hybridized carbons (Fsp3) is 0.316. The molecule has 2 heterocycles. The van der Waals surface area contributed by atoms with Gasteiger partial charge in [0.2, 0.25) is 11.5 Å². The van der Waals surface area contributed by atoms with Crippen molar-refractivity contribution in [3.63, 3.8) is 0 Å². The summed E-state index contributed by atoms with van der Waals surface area (Å²) in [5, 5.41) is 3.44. The quantitative estimate of drug-likeness (QED) is 0.719. The van der Waals surface area contributed by atoms with E-state index in [-0.39, 0.29) is 29.6 Å². The Morgan fingerprint density at radius 3 is 2.81 bits per heavy atom. The lowest BCUT2D eigenvalue weighted by Gasteiger charge is -2.24. The molecule has 1 fully saturated rings. The molecule has 1 saturated heterocycles. The van der Waals surface area contributed by atoms with Gasteiger partial charge in [-0.3, -0.25) is 14.4 Å². The molecule has 142 valence electrons. The van der Waals surface area contributed by atoms with Crippen LogP contribution < -0.4 is 16.6 Å². The highest BCUT2D eigenvalue weighted by molar-refractivity contribution is 6.30. The number of carbonyl (C=O) groups excluding carboxylic acids is 2. The van der Waals surface area contributed by atoms with Crippen LogP contribution in [0.1, 0.15) is 34.5 Å². The molecule has 1 atom stereocenters. The molecule has 8 heteroatoms. The van der Waals surface area contributed by atoms with Crippen LogP contribution in [0.4, 0.5) is 0 Å². The largest absolute Gasteiger partial charge is 0.350 e. The van der Waals surface area contributed by atoms with Crippen LogP contribution in [0, 0.1) is 0 Å². The van der Waals surface area contributed by atoms with Gasteiger partial charge < -0.3 is 20.9 Å². The number of nitrogens with zero attached hydrogens (tertiary/aromatic N) is 1. The molecule has 7 nitrogen and oxygen atoms in total. The first-order valence-corrected chi connectivity index (χ1v) is 9.13. The van der Waals surface area contributed by atoms with Crippen molar-refractivity contribution < 1.29 is 9.59 Å². The summed E-state index contributed by atoms with van der Waals surface area (Å²) in [7, 11) is 0. The number of carbonyl (C=O) groups is 2. The number of aromatic nitrogens is 1. The smallest absolute Gasteiger partial charge is 0.271 e. The van der Waals surface area contributed by atoms with Crippen molar-refractivity contribution in [1.29, 1.82) is 0 Å². The van der Waals surface area contributed by atoms with Crippen molar-refractivity contribution in [3.05, 3.63) is 68.6 Å². The standard InChI is InChI=1S/C19H21ClN4O3/c20-14-7-6-12(10-21)13(9-14)11-22-18(26)16-4-2-8-24(16)19(27)15-3-1-5-17(25)23-15/h1,3,5-7,9,16H,2,4,8,10-11,21H2,(H,22,26)(H,23,25)/t16-/m0/s1. The number of nitrogens with two attached hydrogens (primary N) is 1. The number of nitrogens with one attached hydrogen (secondary N) is 2. The molecule has 1 aromatic heterocycles. The monoisotopic (exact) mass is 388 g/mol. The third kappa shape index (κ3) is 4.37. The fourth-order valence-electron chi connectivity index (χ4n) is 3.27. The van der Waals surface area contributed by atoms with Gasteiger partial charge in [-0.1, -0.05) is 23.7 Å². The van der Waals surface area contributed by atoms with E-state index in [0.717, 1.165) is 17.5 Å². The van der Waals surface area contributed by atoms with Gasteiger partial charge in [-0.25, -0.2) is 0 Å². The first kappa shape index (κ1) is 19.1. The van der Waals surface area contributed by atoms with Crippen LogP contribution in [0.3, 0.4) is 0 Å². The molecule has 0 spiro atoms. The van der Waals surface area contributed by atoms with Crippen LogP contribution in [0.2, 0.25) is 5.02 Å². The van der Waals surface area contributed by atoms with Crippen LogP contribution in [0.15, 0.2) is 41.2 Å². The molecule has 3 rings (SSSR count). The van der Waals surface area contributed by atoms with E-state index in [4.69, 9.17) is 17.3 Å². The molecule has 0 aliphatic carbocycles. The van der Waals surface area contributed by atoms with Gasteiger partial charge in [0.15, 0.2) is 0 Å². The first-order valence-electron chi connectivity index (χ1n) is 8.75. The van der Waals surface area contributed by atoms with E-state index in [9.17, 15) is 14.4 Å². The average molecular weight is 389 g/mol. The maximum absolute atomic E-state index is 12.7. The van der Waals surface area contributed by atoms with Crippen molar-refractivity contribution in [3.8, 4) is 0 Å². The molecule has 2 aromatic rings. The fourth-order valence-corrected chi connectivity index (χ4v) is 3.46. The number of hydrogen-bond acceptors (Lipinski definition) is 4. The summed E-state index contributed by atoms with van der Waals surface area (Å²) in [4.78, 5) is 40.8. The van der Waals surface area contributed by atoms with Crippen molar-refractivity contribution in [2.45, 2.75) is 32.0 Å². The Morgan fingerprint density at radius 1 is 1.26 bits per heavy atom. The summed E-state index contributed by atoms with van der Waals surface area (Å²) < 4.78 is 0. The predicted octanol–water partition coefficient (Wildman–Crippen LogP) is 1.41. The zero-order valence-corrected chi connectivity index (χ0v) is 15.5. The van der Waals surface area contributed by atoms with E-state index in [2.05, 4.69) is 10.3 Å². The lowest BCUT2D eigenvalue weighted by molar-refractivity contribution is -0.125. The van der Waals surface area contributed by atoms with Crippen molar-refractivity contribution >= 4 is 23.4 Å².